The molecule has 1 aliphatic carbocycles. The van der Waals surface area contributed by atoms with Crippen molar-refractivity contribution in [1.29, 1.82) is 0 Å². The standard InChI is InChI=1S/C32H41F3N2O2/c33-26-9-3-8-24(18-26)28-21-37(31(32(38)39)17-23-6-1-7-23)20-25(28)19-36-15-13-22(14-16-36)5-2-10-27-29(34)11-4-12-30(27)35/h3-4,8-9,11-12,18,22-23,25,28,31H,1-2,5-7,10,13-17,19-21H2,(H,38,39). The monoisotopic (exact) mass is 542 g/mol. The first-order valence-electron chi connectivity index (χ1n) is 14.7. The molecule has 3 unspecified atom stereocenters. The first-order chi connectivity index (χ1) is 18.9. The Morgan fingerprint density at radius 2 is 1.67 bits per heavy atom. The zero-order valence-electron chi connectivity index (χ0n) is 22.7. The van der Waals surface area contributed by atoms with Gasteiger partial charge < -0.3 is 10.0 Å². The van der Waals surface area contributed by atoms with Crippen molar-refractivity contribution in [1.82, 2.24) is 9.80 Å². The molecule has 39 heavy (non-hydrogen) atoms. The molecule has 0 spiro atoms. The van der Waals surface area contributed by atoms with E-state index in [0.29, 0.717) is 31.2 Å². The topological polar surface area (TPSA) is 43.8 Å². The molecule has 3 aliphatic rings. The van der Waals surface area contributed by atoms with E-state index in [-0.39, 0.29) is 23.2 Å². The fourth-order valence-corrected chi connectivity index (χ4v) is 7.04. The Balaban J connectivity index is 1.17. The van der Waals surface area contributed by atoms with E-state index in [1.54, 1.807) is 12.1 Å². The summed E-state index contributed by atoms with van der Waals surface area (Å²) in [4.78, 5) is 16.9. The Morgan fingerprint density at radius 3 is 2.31 bits per heavy atom. The van der Waals surface area contributed by atoms with Crippen molar-refractivity contribution in [2.45, 2.75) is 69.7 Å². The molecule has 212 valence electrons. The fourth-order valence-electron chi connectivity index (χ4n) is 7.04. The van der Waals surface area contributed by atoms with Crippen molar-refractivity contribution < 1.29 is 23.1 Å². The number of carboxylic acid groups (broad SMARTS) is 1. The summed E-state index contributed by atoms with van der Waals surface area (Å²) in [5.41, 5.74) is 1.16. The maximum absolute atomic E-state index is 14.2. The molecule has 4 nitrogen and oxygen atoms in total. The van der Waals surface area contributed by atoms with Crippen LogP contribution in [0.1, 0.15) is 68.4 Å². The van der Waals surface area contributed by atoms with Gasteiger partial charge in [0.1, 0.15) is 23.5 Å². The smallest absolute Gasteiger partial charge is 0.320 e. The summed E-state index contributed by atoms with van der Waals surface area (Å²) in [5.74, 6) is -0.488. The lowest BCUT2D eigenvalue weighted by Gasteiger charge is -2.35. The van der Waals surface area contributed by atoms with Crippen molar-refractivity contribution in [3.05, 3.63) is 71.0 Å². The van der Waals surface area contributed by atoms with Gasteiger partial charge in [0.2, 0.25) is 0 Å². The number of rotatable bonds is 11. The highest BCUT2D eigenvalue weighted by Crippen LogP contribution is 2.38. The highest BCUT2D eigenvalue weighted by molar-refractivity contribution is 5.73. The third-order valence-electron chi connectivity index (χ3n) is 9.55. The van der Waals surface area contributed by atoms with Crippen LogP contribution in [-0.2, 0) is 11.2 Å². The summed E-state index contributed by atoms with van der Waals surface area (Å²) in [6.07, 6.45) is 8.43. The Hall–Kier alpha value is -2.38. The molecule has 1 N–H and O–H groups in total. The second kappa shape index (κ2) is 12.9. The summed E-state index contributed by atoms with van der Waals surface area (Å²) in [5, 5.41) is 10.1. The molecule has 3 atom stereocenters. The van der Waals surface area contributed by atoms with Gasteiger partial charge in [-0.2, -0.15) is 0 Å². The van der Waals surface area contributed by atoms with Gasteiger partial charge in [-0.3, -0.25) is 9.69 Å². The maximum Gasteiger partial charge on any atom is 0.320 e. The average molecular weight is 543 g/mol. The van der Waals surface area contributed by atoms with Gasteiger partial charge in [-0.25, -0.2) is 13.2 Å². The van der Waals surface area contributed by atoms with Gasteiger partial charge in [-0.1, -0.05) is 43.9 Å². The number of aliphatic carboxylic acids is 1. The van der Waals surface area contributed by atoms with E-state index in [9.17, 15) is 23.1 Å². The quantitative estimate of drug-likeness (QED) is 0.352. The van der Waals surface area contributed by atoms with Gasteiger partial charge in [0.05, 0.1) is 0 Å². The van der Waals surface area contributed by atoms with E-state index < -0.39 is 23.6 Å². The zero-order chi connectivity index (χ0) is 27.4. The predicted octanol–water partition coefficient (Wildman–Crippen LogP) is 6.50. The molecule has 0 bridgehead atoms. The molecule has 2 aromatic rings. The summed E-state index contributed by atoms with van der Waals surface area (Å²) in [6, 6.07) is 10.4. The SMILES string of the molecule is O=C(O)C(CC1CCC1)N1CC(CN2CCC(CCCc3c(F)cccc3F)CC2)C(c2cccc(F)c2)C1. The van der Waals surface area contributed by atoms with Crippen LogP contribution in [0.2, 0.25) is 0 Å². The Labute approximate surface area is 230 Å². The minimum atomic E-state index is -0.739. The van der Waals surface area contributed by atoms with E-state index in [2.05, 4.69) is 9.80 Å². The Morgan fingerprint density at radius 1 is 0.949 bits per heavy atom. The van der Waals surface area contributed by atoms with Crippen LogP contribution in [0.3, 0.4) is 0 Å². The Kier molecular flexibility index (Phi) is 9.28. The lowest BCUT2D eigenvalue weighted by molar-refractivity contribution is -0.144. The van der Waals surface area contributed by atoms with Crippen LogP contribution in [-0.4, -0.2) is 59.6 Å². The first-order valence-corrected chi connectivity index (χ1v) is 14.7. The van der Waals surface area contributed by atoms with Crippen molar-refractivity contribution in [2.24, 2.45) is 17.8 Å². The number of piperidine rings is 1. The minimum absolute atomic E-state index is 0.109. The van der Waals surface area contributed by atoms with Gasteiger partial charge in [-0.05, 0) is 92.8 Å². The Bertz CT molecular complexity index is 1100. The van der Waals surface area contributed by atoms with E-state index in [0.717, 1.165) is 70.3 Å². The van der Waals surface area contributed by atoms with Crippen LogP contribution >= 0.6 is 0 Å². The summed E-state index contributed by atoms with van der Waals surface area (Å²) in [6.45, 7) is 4.19. The lowest BCUT2D eigenvalue weighted by Crippen LogP contribution is -2.43. The highest BCUT2D eigenvalue weighted by atomic mass is 19.1. The second-order valence-corrected chi connectivity index (χ2v) is 12.1. The van der Waals surface area contributed by atoms with Gasteiger partial charge >= 0.3 is 5.97 Å². The van der Waals surface area contributed by atoms with Crippen molar-refractivity contribution in [2.75, 3.05) is 32.7 Å². The molecule has 2 aromatic carbocycles. The molecule has 7 heteroatoms. The molecule has 2 aliphatic heterocycles. The van der Waals surface area contributed by atoms with E-state index >= 15 is 0 Å². The van der Waals surface area contributed by atoms with Crippen LogP contribution in [0.5, 0.6) is 0 Å². The number of halogens is 3. The van der Waals surface area contributed by atoms with Crippen LogP contribution in [0.4, 0.5) is 13.2 Å². The molecule has 0 radical (unpaired) electrons. The van der Waals surface area contributed by atoms with Gasteiger partial charge in [0.15, 0.2) is 0 Å². The highest BCUT2D eigenvalue weighted by Gasteiger charge is 2.41. The molecule has 2 heterocycles. The van der Waals surface area contributed by atoms with Gasteiger partial charge in [0, 0.05) is 31.1 Å². The summed E-state index contributed by atoms with van der Waals surface area (Å²) >= 11 is 0. The number of likely N-dealkylation sites (tertiary alicyclic amines) is 2. The van der Waals surface area contributed by atoms with Crippen molar-refractivity contribution in [3.63, 3.8) is 0 Å². The van der Waals surface area contributed by atoms with E-state index in [4.69, 9.17) is 0 Å². The zero-order valence-corrected chi connectivity index (χ0v) is 22.7. The van der Waals surface area contributed by atoms with Crippen molar-refractivity contribution in [3.8, 4) is 0 Å². The molecule has 5 rings (SSSR count). The number of carbonyl (C=O) groups is 1. The molecule has 3 fully saturated rings. The second-order valence-electron chi connectivity index (χ2n) is 12.1. The number of nitrogens with zero attached hydrogens (tertiary/aromatic N) is 2. The average Bonchev–Trinajstić information content (AvgIpc) is 3.29. The molecule has 1 saturated carbocycles. The van der Waals surface area contributed by atoms with E-state index in [1.165, 1.54) is 30.7 Å². The molecular weight excluding hydrogens is 501 g/mol. The first kappa shape index (κ1) is 28.2. The number of benzene rings is 2. The van der Waals surface area contributed by atoms with Gasteiger partial charge in [-0.15, -0.1) is 0 Å². The van der Waals surface area contributed by atoms with Crippen LogP contribution in [0.15, 0.2) is 42.5 Å². The molecule has 0 aromatic heterocycles. The normalized spacial score (nSPS) is 24.1. The minimum Gasteiger partial charge on any atom is -0.480 e. The van der Waals surface area contributed by atoms with Crippen LogP contribution < -0.4 is 0 Å². The fraction of sp³-hybridized carbons (Fsp3) is 0.594. The largest absolute Gasteiger partial charge is 0.480 e. The maximum atomic E-state index is 14.2. The summed E-state index contributed by atoms with van der Waals surface area (Å²) in [7, 11) is 0. The number of hydrogen-bond donors (Lipinski definition) is 1. The third-order valence-corrected chi connectivity index (χ3v) is 9.55. The number of carboxylic acids is 1. The third kappa shape index (κ3) is 7.04. The van der Waals surface area contributed by atoms with Crippen molar-refractivity contribution >= 4 is 5.97 Å². The van der Waals surface area contributed by atoms with Crippen LogP contribution in [0, 0.1) is 35.2 Å². The predicted molar refractivity (Wildman–Crippen MR) is 146 cm³/mol. The number of hydrogen-bond acceptors (Lipinski definition) is 3. The lowest BCUT2D eigenvalue weighted by atomic mass is 9.80. The summed E-state index contributed by atoms with van der Waals surface area (Å²) < 4.78 is 42.0. The van der Waals surface area contributed by atoms with E-state index in [1.807, 2.05) is 6.07 Å². The molecule has 2 saturated heterocycles. The molecule has 0 amide bonds. The van der Waals surface area contributed by atoms with Crippen LogP contribution in [0.25, 0.3) is 0 Å². The van der Waals surface area contributed by atoms with Gasteiger partial charge in [0.25, 0.3) is 0 Å². The molecular formula is C32H41F3N2O2.